The molecule has 3 heterocycles. The molecule has 2 N–H and O–H groups in total. The third-order valence-corrected chi connectivity index (χ3v) is 5.76. The quantitative estimate of drug-likeness (QED) is 0.563. The van der Waals surface area contributed by atoms with Crippen LogP contribution in [0.25, 0.3) is 0 Å². The minimum atomic E-state index is -0.246. The van der Waals surface area contributed by atoms with Gasteiger partial charge in [0.2, 0.25) is 0 Å². The van der Waals surface area contributed by atoms with Gasteiger partial charge in [-0.05, 0) is 23.6 Å². The fourth-order valence-electron chi connectivity index (χ4n) is 3.66. The molecule has 1 saturated heterocycles. The predicted octanol–water partition coefficient (Wildman–Crippen LogP) is 4.23. The van der Waals surface area contributed by atoms with Crippen LogP contribution in [0.4, 0.5) is 27.5 Å². The van der Waals surface area contributed by atoms with E-state index < -0.39 is 0 Å². The first kappa shape index (κ1) is 21.0. The van der Waals surface area contributed by atoms with Crippen molar-refractivity contribution in [1.82, 2.24) is 15.0 Å². The first-order valence-electron chi connectivity index (χ1n) is 10.3. The Hall–Kier alpha value is -3.26. The zero-order chi connectivity index (χ0) is 21.8. The van der Waals surface area contributed by atoms with Crippen molar-refractivity contribution in [3.8, 4) is 0 Å². The number of ether oxygens (including phenoxy) is 1. The Balaban J connectivity index is 1.55. The molecule has 1 fully saturated rings. The Morgan fingerprint density at radius 2 is 1.84 bits per heavy atom. The van der Waals surface area contributed by atoms with Gasteiger partial charge in [0.25, 0.3) is 0 Å². The normalized spacial score (nSPS) is 14.9. The summed E-state index contributed by atoms with van der Waals surface area (Å²) in [6.45, 7) is 6.53. The number of aromatic nitrogens is 3. The zero-order valence-corrected chi connectivity index (χ0v) is 18.0. The molecule has 0 aliphatic carbocycles. The first-order valence-corrected chi connectivity index (χ1v) is 10.3. The van der Waals surface area contributed by atoms with Crippen molar-refractivity contribution in [2.45, 2.75) is 26.0 Å². The van der Waals surface area contributed by atoms with Gasteiger partial charge in [0.1, 0.15) is 28.9 Å². The van der Waals surface area contributed by atoms with E-state index in [0.717, 1.165) is 24.3 Å². The second-order valence-corrected chi connectivity index (χ2v) is 8.07. The second kappa shape index (κ2) is 8.85. The van der Waals surface area contributed by atoms with E-state index in [4.69, 9.17) is 4.74 Å². The molecule has 0 saturated carbocycles. The van der Waals surface area contributed by atoms with Gasteiger partial charge < -0.3 is 20.3 Å². The van der Waals surface area contributed by atoms with Crippen LogP contribution in [-0.4, -0.2) is 40.8 Å². The monoisotopic (exact) mass is 422 g/mol. The Morgan fingerprint density at radius 3 is 2.48 bits per heavy atom. The molecule has 0 spiro atoms. The molecule has 1 aliphatic rings. The van der Waals surface area contributed by atoms with Gasteiger partial charge >= 0.3 is 0 Å². The number of halogens is 1. The summed E-state index contributed by atoms with van der Waals surface area (Å²) >= 11 is 0. The third kappa shape index (κ3) is 4.74. The predicted molar refractivity (Wildman–Crippen MR) is 120 cm³/mol. The van der Waals surface area contributed by atoms with Crippen LogP contribution in [0.1, 0.15) is 19.4 Å². The van der Waals surface area contributed by atoms with E-state index in [9.17, 15) is 4.39 Å². The fourth-order valence-corrected chi connectivity index (χ4v) is 3.66. The van der Waals surface area contributed by atoms with Crippen molar-refractivity contribution in [2.75, 3.05) is 35.7 Å². The van der Waals surface area contributed by atoms with E-state index >= 15 is 0 Å². The summed E-state index contributed by atoms with van der Waals surface area (Å²) in [5.41, 5.74) is 1.87. The molecule has 3 aromatic rings. The van der Waals surface area contributed by atoms with Crippen molar-refractivity contribution in [3.63, 3.8) is 0 Å². The summed E-state index contributed by atoms with van der Waals surface area (Å²) in [7, 11) is 1.78. The highest BCUT2D eigenvalue weighted by Crippen LogP contribution is 2.37. The molecule has 0 atom stereocenters. The first-order chi connectivity index (χ1) is 15.0. The van der Waals surface area contributed by atoms with Crippen LogP contribution in [0, 0.1) is 11.7 Å². The highest BCUT2D eigenvalue weighted by molar-refractivity contribution is 5.66. The topological polar surface area (TPSA) is 75.2 Å². The molecule has 0 bridgehead atoms. The molecule has 2 aromatic heterocycles. The number of rotatable bonds is 8. The van der Waals surface area contributed by atoms with Gasteiger partial charge in [-0.15, -0.1) is 0 Å². The fraction of sp³-hybridized carbons (Fsp3) is 0.348. The summed E-state index contributed by atoms with van der Waals surface area (Å²) in [6.07, 6.45) is 4.91. The summed E-state index contributed by atoms with van der Waals surface area (Å²) in [5, 5.41) is 6.56. The van der Waals surface area contributed by atoms with Crippen LogP contribution >= 0.6 is 0 Å². The summed E-state index contributed by atoms with van der Waals surface area (Å²) in [6, 6.07) is 10.4. The Bertz CT molecular complexity index is 1010. The molecule has 4 rings (SSSR count). The second-order valence-electron chi connectivity index (χ2n) is 8.07. The SMILES string of the molecule is COC1(C(C)C)CN(c2cc(NCc3ccc(F)cc3)nc(Nc3cnccn3)c2)C1. The van der Waals surface area contributed by atoms with E-state index in [-0.39, 0.29) is 11.4 Å². The minimum absolute atomic E-state index is 0.135. The van der Waals surface area contributed by atoms with Crippen LogP contribution in [0.2, 0.25) is 0 Å². The highest BCUT2D eigenvalue weighted by Gasteiger charge is 2.46. The molecule has 0 amide bonds. The number of anilines is 4. The average Bonchev–Trinajstić information content (AvgIpc) is 2.73. The molecular formula is C23H27FN6O. The van der Waals surface area contributed by atoms with Crippen molar-refractivity contribution in [2.24, 2.45) is 5.92 Å². The summed E-state index contributed by atoms with van der Waals surface area (Å²) in [5.74, 6) is 2.17. The largest absolute Gasteiger partial charge is 0.374 e. The molecule has 0 radical (unpaired) electrons. The number of nitrogens with zero attached hydrogens (tertiary/aromatic N) is 4. The van der Waals surface area contributed by atoms with E-state index in [2.05, 4.69) is 44.3 Å². The van der Waals surface area contributed by atoms with Gasteiger partial charge in [0.15, 0.2) is 0 Å². The van der Waals surface area contributed by atoms with Crippen LogP contribution in [0.5, 0.6) is 0 Å². The molecule has 162 valence electrons. The van der Waals surface area contributed by atoms with Crippen molar-refractivity contribution >= 4 is 23.1 Å². The van der Waals surface area contributed by atoms with E-state index in [1.54, 1.807) is 37.8 Å². The number of methoxy groups -OCH3 is 1. The highest BCUT2D eigenvalue weighted by atomic mass is 19.1. The van der Waals surface area contributed by atoms with Gasteiger partial charge in [-0.2, -0.15) is 0 Å². The van der Waals surface area contributed by atoms with Crippen molar-refractivity contribution in [1.29, 1.82) is 0 Å². The zero-order valence-electron chi connectivity index (χ0n) is 18.0. The Morgan fingerprint density at radius 1 is 1.10 bits per heavy atom. The molecule has 8 heteroatoms. The number of pyridine rings is 1. The number of hydrogen-bond acceptors (Lipinski definition) is 7. The molecular weight excluding hydrogens is 395 g/mol. The summed E-state index contributed by atoms with van der Waals surface area (Å²) in [4.78, 5) is 15.3. The molecule has 1 aromatic carbocycles. The van der Waals surface area contributed by atoms with Gasteiger partial charge in [-0.3, -0.25) is 4.98 Å². The van der Waals surface area contributed by atoms with E-state index in [1.807, 2.05) is 12.1 Å². The maximum absolute atomic E-state index is 13.2. The smallest absolute Gasteiger partial charge is 0.150 e. The maximum Gasteiger partial charge on any atom is 0.150 e. The average molecular weight is 423 g/mol. The van der Waals surface area contributed by atoms with Crippen molar-refractivity contribution in [3.05, 3.63) is 66.4 Å². The number of benzene rings is 1. The molecule has 7 nitrogen and oxygen atoms in total. The van der Waals surface area contributed by atoms with Crippen LogP contribution < -0.4 is 15.5 Å². The number of hydrogen-bond donors (Lipinski definition) is 2. The Labute approximate surface area is 181 Å². The van der Waals surface area contributed by atoms with Crippen LogP contribution in [-0.2, 0) is 11.3 Å². The molecule has 0 unspecified atom stereocenters. The standard InChI is InChI=1S/C23H27FN6O/c1-16(2)23(31-3)14-30(15-23)19-10-20(27-12-17-4-6-18(24)7-5-17)28-21(11-19)29-22-13-25-8-9-26-22/h4-11,13,16H,12,14-15H2,1-3H3,(H2,26,27,28,29). The lowest BCUT2D eigenvalue weighted by Gasteiger charge is -2.52. The van der Waals surface area contributed by atoms with Gasteiger partial charge in [-0.1, -0.05) is 26.0 Å². The lowest BCUT2D eigenvalue weighted by atomic mass is 9.82. The third-order valence-electron chi connectivity index (χ3n) is 5.76. The van der Waals surface area contributed by atoms with E-state index in [0.29, 0.717) is 29.9 Å². The lowest BCUT2D eigenvalue weighted by Crippen LogP contribution is -2.65. The number of nitrogens with one attached hydrogen (secondary N) is 2. The summed E-state index contributed by atoms with van der Waals surface area (Å²) < 4.78 is 19.0. The minimum Gasteiger partial charge on any atom is -0.374 e. The Kier molecular flexibility index (Phi) is 5.99. The lowest BCUT2D eigenvalue weighted by molar-refractivity contribution is -0.0684. The van der Waals surface area contributed by atoms with Gasteiger partial charge in [-0.25, -0.2) is 14.4 Å². The van der Waals surface area contributed by atoms with Gasteiger partial charge in [0.05, 0.1) is 6.20 Å². The molecule has 1 aliphatic heterocycles. The van der Waals surface area contributed by atoms with Gasteiger partial charge in [0, 0.05) is 57.0 Å². The van der Waals surface area contributed by atoms with E-state index in [1.165, 1.54) is 12.1 Å². The van der Waals surface area contributed by atoms with Crippen molar-refractivity contribution < 1.29 is 9.13 Å². The van der Waals surface area contributed by atoms with Crippen LogP contribution in [0.15, 0.2) is 55.0 Å². The molecule has 31 heavy (non-hydrogen) atoms. The van der Waals surface area contributed by atoms with Crippen LogP contribution in [0.3, 0.4) is 0 Å². The maximum atomic E-state index is 13.2.